The van der Waals surface area contributed by atoms with Gasteiger partial charge in [0.15, 0.2) is 6.23 Å². The van der Waals surface area contributed by atoms with Gasteiger partial charge in [-0.3, -0.25) is 18.9 Å². The number of rotatable bonds is 16. The summed E-state index contributed by atoms with van der Waals surface area (Å²) < 4.78 is 51.3. The van der Waals surface area contributed by atoms with Crippen LogP contribution >= 0.6 is 15.9 Å². The maximum Gasteiger partial charge on any atom is 0.330 e. The van der Waals surface area contributed by atoms with Crippen LogP contribution < -0.4 is 11.2 Å². The molecule has 1 saturated heterocycles. The lowest BCUT2D eigenvalue weighted by Gasteiger charge is -2.38. The normalized spacial score (nSPS) is 24.0. The van der Waals surface area contributed by atoms with Crippen molar-refractivity contribution in [3.63, 3.8) is 0 Å². The summed E-state index contributed by atoms with van der Waals surface area (Å²) in [6.07, 6.45) is -0.631. The van der Waals surface area contributed by atoms with Gasteiger partial charge in [-0.2, -0.15) is 0 Å². The molecule has 1 aliphatic heterocycles. The van der Waals surface area contributed by atoms with E-state index in [-0.39, 0.29) is 38.4 Å². The average Bonchev–Trinajstić information content (AvgIpc) is 3.19. The fraction of sp³-hybridized carbons (Fsp3) is 0.708. The van der Waals surface area contributed by atoms with E-state index < -0.39 is 51.7 Å². The minimum absolute atomic E-state index is 0.0372. The maximum atomic E-state index is 12.7. The molecule has 39 heavy (non-hydrogen) atoms. The first-order valence-corrected chi connectivity index (χ1v) is 15.8. The van der Waals surface area contributed by atoms with Crippen LogP contribution in [0.3, 0.4) is 0 Å². The second-order valence-corrected chi connectivity index (χ2v) is 13.2. The van der Waals surface area contributed by atoms with Crippen molar-refractivity contribution in [1.29, 1.82) is 0 Å². The Balaban J connectivity index is 2.59. The minimum Gasteiger partial charge on any atom is -0.382 e. The van der Waals surface area contributed by atoms with Crippen LogP contribution in [0.15, 0.2) is 33.7 Å². The fourth-order valence-corrected chi connectivity index (χ4v) is 6.28. The molecule has 0 saturated carbocycles. The van der Waals surface area contributed by atoms with Crippen molar-refractivity contribution in [1.82, 2.24) is 14.2 Å². The van der Waals surface area contributed by atoms with Gasteiger partial charge in [-0.05, 0) is 39.6 Å². The molecule has 0 aliphatic carbocycles. The third-order valence-electron chi connectivity index (χ3n) is 5.72. The van der Waals surface area contributed by atoms with E-state index in [0.29, 0.717) is 0 Å². The number of aromatic amines is 1. The number of ether oxygens (including phenoxy) is 3. The summed E-state index contributed by atoms with van der Waals surface area (Å²) in [4.78, 5) is 30.1. The standard InChI is InChI=1S/C24H40N4O9P2/c1-17(2)28(18(3)4)38(35-13-11-25-5)37-21-19(10-16-39(8,31)33-7)36-23(22(21)34-15-14-32-6)27-12-9-20(29)26-24(27)30/h9-10,12,16-19,21-23H,11,13-15H2,1-4,6-8H3,(H,26,29,30)/b16-10+/t19-,21-,22-,23-,38?,39?/m1/s1. The van der Waals surface area contributed by atoms with Crippen molar-refractivity contribution >= 4 is 15.9 Å². The lowest BCUT2D eigenvalue weighted by atomic mass is 10.1. The van der Waals surface area contributed by atoms with Crippen LogP contribution in [0, 0.1) is 6.57 Å². The Hall–Kier alpha value is -1.71. The van der Waals surface area contributed by atoms with Gasteiger partial charge in [-0.15, -0.1) is 0 Å². The molecule has 0 radical (unpaired) electrons. The quantitative estimate of drug-likeness (QED) is 0.174. The number of nitrogens with zero attached hydrogens (tertiary/aromatic N) is 3. The van der Waals surface area contributed by atoms with Crippen LogP contribution in [0.5, 0.6) is 0 Å². The van der Waals surface area contributed by atoms with Gasteiger partial charge in [0.05, 0.1) is 13.2 Å². The third-order valence-corrected chi connectivity index (χ3v) is 9.29. The maximum absolute atomic E-state index is 12.7. The molecule has 220 valence electrons. The molecule has 0 amide bonds. The molecule has 1 N–H and O–H groups in total. The van der Waals surface area contributed by atoms with Gasteiger partial charge in [-0.1, -0.05) is 0 Å². The van der Waals surface area contributed by atoms with Gasteiger partial charge in [0, 0.05) is 45.2 Å². The van der Waals surface area contributed by atoms with Gasteiger partial charge in [0.25, 0.3) is 14.1 Å². The topological polar surface area (TPSA) is 135 Å². The van der Waals surface area contributed by atoms with Crippen LogP contribution in [0.2, 0.25) is 0 Å². The molecule has 0 spiro atoms. The van der Waals surface area contributed by atoms with E-state index in [4.69, 9.17) is 34.4 Å². The number of hydrogen-bond acceptors (Lipinski definition) is 10. The molecule has 2 unspecified atom stereocenters. The smallest absolute Gasteiger partial charge is 0.330 e. The van der Waals surface area contributed by atoms with Crippen molar-refractivity contribution in [3.05, 3.63) is 56.4 Å². The summed E-state index contributed by atoms with van der Waals surface area (Å²) >= 11 is 0. The first-order valence-electron chi connectivity index (χ1n) is 12.6. The zero-order valence-corrected chi connectivity index (χ0v) is 25.3. The highest BCUT2D eigenvalue weighted by Gasteiger charge is 2.49. The fourth-order valence-electron chi connectivity index (χ4n) is 3.93. The molecular weight excluding hydrogens is 550 g/mol. The predicted octanol–water partition coefficient (Wildman–Crippen LogP) is 3.20. The minimum atomic E-state index is -3.07. The number of nitrogens with one attached hydrogen (secondary N) is 1. The van der Waals surface area contributed by atoms with E-state index >= 15 is 0 Å². The molecule has 2 rings (SSSR count). The molecular formula is C24H40N4O9P2. The van der Waals surface area contributed by atoms with E-state index in [1.165, 1.54) is 43.5 Å². The van der Waals surface area contributed by atoms with Crippen LogP contribution in [0.4, 0.5) is 0 Å². The largest absolute Gasteiger partial charge is 0.382 e. The lowest BCUT2D eigenvalue weighted by molar-refractivity contribution is -0.0766. The van der Waals surface area contributed by atoms with Crippen molar-refractivity contribution in [2.75, 3.05) is 47.2 Å². The molecule has 13 nitrogen and oxygen atoms in total. The molecule has 1 aromatic rings. The van der Waals surface area contributed by atoms with Crippen LogP contribution in [0.25, 0.3) is 4.85 Å². The van der Waals surface area contributed by atoms with E-state index in [1.807, 2.05) is 27.7 Å². The highest BCUT2D eigenvalue weighted by Crippen LogP contribution is 2.51. The van der Waals surface area contributed by atoms with Crippen LogP contribution in [-0.2, 0) is 32.3 Å². The Kier molecular flexibility index (Phi) is 13.7. The number of H-pyrrole nitrogens is 1. The van der Waals surface area contributed by atoms with Crippen LogP contribution in [0.1, 0.15) is 33.9 Å². The van der Waals surface area contributed by atoms with Crippen molar-refractivity contribution in [3.8, 4) is 0 Å². The second kappa shape index (κ2) is 15.9. The molecule has 1 fully saturated rings. The summed E-state index contributed by atoms with van der Waals surface area (Å²) in [6, 6.07) is 1.28. The highest BCUT2D eigenvalue weighted by molar-refractivity contribution is 7.61. The van der Waals surface area contributed by atoms with Gasteiger partial charge in [0.2, 0.25) is 13.9 Å². The molecule has 6 atom stereocenters. The highest BCUT2D eigenvalue weighted by atomic mass is 31.2. The summed E-state index contributed by atoms with van der Waals surface area (Å²) in [5.41, 5.74) is -1.24. The Morgan fingerprint density at radius 2 is 1.90 bits per heavy atom. The molecule has 2 heterocycles. The van der Waals surface area contributed by atoms with Gasteiger partial charge in [-0.25, -0.2) is 16.0 Å². The Morgan fingerprint density at radius 1 is 1.21 bits per heavy atom. The summed E-state index contributed by atoms with van der Waals surface area (Å²) in [6.45, 7) is 17.4. The molecule has 0 aromatic carbocycles. The van der Waals surface area contributed by atoms with Gasteiger partial charge in [0.1, 0.15) is 24.9 Å². The Bertz CT molecular complexity index is 1130. The first-order chi connectivity index (χ1) is 18.4. The first kappa shape index (κ1) is 33.5. The van der Waals surface area contributed by atoms with E-state index in [0.717, 1.165) is 0 Å². The molecule has 1 aromatic heterocycles. The summed E-state index contributed by atoms with van der Waals surface area (Å²) in [5, 5.41) is 0. The van der Waals surface area contributed by atoms with E-state index in [2.05, 4.69) is 14.5 Å². The lowest BCUT2D eigenvalue weighted by Crippen LogP contribution is -2.42. The molecule has 15 heteroatoms. The monoisotopic (exact) mass is 590 g/mol. The predicted molar refractivity (Wildman–Crippen MR) is 148 cm³/mol. The SMILES string of the molecule is [C-]#[N+]CCOP(O[C@H]1[C@@H](OCCOC)[C@H](n2ccc(=O)[nH]c2=O)O[C@@H]1/C=C/P(C)(=O)OC)N(C(C)C)C(C)C. The number of aromatic nitrogens is 2. The van der Waals surface area contributed by atoms with Crippen LogP contribution in [-0.4, -0.2) is 91.9 Å². The zero-order valence-electron chi connectivity index (χ0n) is 23.5. The summed E-state index contributed by atoms with van der Waals surface area (Å²) in [5.74, 6) is 1.42. The average molecular weight is 591 g/mol. The number of methoxy groups -OCH3 is 1. The number of hydrogen-bond donors (Lipinski definition) is 1. The molecule has 0 bridgehead atoms. The van der Waals surface area contributed by atoms with E-state index in [9.17, 15) is 14.2 Å². The van der Waals surface area contributed by atoms with Crippen molar-refractivity contribution < 1.29 is 32.3 Å². The summed E-state index contributed by atoms with van der Waals surface area (Å²) in [7, 11) is -1.91. The Labute approximate surface area is 230 Å². The molecule has 1 aliphatic rings. The van der Waals surface area contributed by atoms with Crippen molar-refractivity contribution in [2.24, 2.45) is 0 Å². The van der Waals surface area contributed by atoms with Gasteiger partial charge >= 0.3 is 5.69 Å². The van der Waals surface area contributed by atoms with E-state index in [1.54, 1.807) is 6.08 Å². The third kappa shape index (κ3) is 9.71. The van der Waals surface area contributed by atoms with Crippen molar-refractivity contribution in [2.45, 2.75) is 64.3 Å². The van der Waals surface area contributed by atoms with Gasteiger partial charge < -0.3 is 32.6 Å². The zero-order chi connectivity index (χ0) is 29.2. The Morgan fingerprint density at radius 3 is 2.46 bits per heavy atom. The second-order valence-electron chi connectivity index (χ2n) is 9.36.